The van der Waals surface area contributed by atoms with Gasteiger partial charge in [0.15, 0.2) is 0 Å². The zero-order valence-corrected chi connectivity index (χ0v) is 14.7. The van der Waals surface area contributed by atoms with Crippen molar-refractivity contribution in [2.45, 2.75) is 45.3 Å². The van der Waals surface area contributed by atoms with Gasteiger partial charge in [-0.1, -0.05) is 12.8 Å². The second kappa shape index (κ2) is 8.31. The van der Waals surface area contributed by atoms with Gasteiger partial charge in [0.05, 0.1) is 12.3 Å². The van der Waals surface area contributed by atoms with Crippen molar-refractivity contribution >= 4 is 18.3 Å². The topological polar surface area (TPSA) is 133 Å². The Bertz CT molecular complexity index is 657. The number of rotatable bonds is 5. The number of carboxylic acid groups (broad SMARTS) is 2. The van der Waals surface area contributed by atoms with Gasteiger partial charge in [-0.25, -0.2) is 0 Å². The first-order valence-corrected chi connectivity index (χ1v) is 8.58. The van der Waals surface area contributed by atoms with Gasteiger partial charge in [0.2, 0.25) is 5.91 Å². The van der Waals surface area contributed by atoms with Crippen molar-refractivity contribution in [1.82, 2.24) is 14.7 Å². The molecule has 0 aromatic carbocycles. The third-order valence-corrected chi connectivity index (χ3v) is 4.97. The predicted octanol–water partition coefficient (Wildman–Crippen LogP) is 0.357. The van der Waals surface area contributed by atoms with Gasteiger partial charge in [-0.05, 0) is 31.2 Å². The largest absolute Gasteiger partial charge is 0.483 e. The standard InChI is InChI=1S/C16H23N3O4.CH2O2/c1-11-7-17-19(8-11)9-14(21)18-5-4-13(20)16(10-18,15(22)23)6-12-2-3-12;2-1-3/h7-8,12-13,20H,2-6,9-10H2,1H3,(H,22,23);1H,(H,2,3)/t13-,16-;/m1./s1. The van der Waals surface area contributed by atoms with Crippen LogP contribution in [0.2, 0.25) is 0 Å². The normalized spacial score (nSPS) is 25.2. The van der Waals surface area contributed by atoms with Crippen LogP contribution < -0.4 is 0 Å². The molecular formula is C17H25N3O6. The first-order valence-electron chi connectivity index (χ1n) is 8.58. The molecule has 1 aromatic heterocycles. The van der Waals surface area contributed by atoms with Crippen molar-refractivity contribution in [2.75, 3.05) is 13.1 Å². The van der Waals surface area contributed by atoms with Crippen molar-refractivity contribution in [3.05, 3.63) is 18.0 Å². The van der Waals surface area contributed by atoms with Gasteiger partial charge in [0.25, 0.3) is 6.47 Å². The molecule has 9 nitrogen and oxygen atoms in total. The van der Waals surface area contributed by atoms with Crippen LogP contribution in [0, 0.1) is 18.3 Å². The third kappa shape index (κ3) is 4.60. The minimum absolute atomic E-state index is 0.0824. The molecule has 2 fully saturated rings. The highest BCUT2D eigenvalue weighted by Crippen LogP contribution is 2.45. The van der Waals surface area contributed by atoms with Crippen LogP contribution in [0.3, 0.4) is 0 Å². The Morgan fingerprint density at radius 3 is 2.54 bits per heavy atom. The summed E-state index contributed by atoms with van der Waals surface area (Å²) in [6, 6.07) is 0. The summed E-state index contributed by atoms with van der Waals surface area (Å²) in [5, 5.41) is 31.0. The number of hydrogen-bond donors (Lipinski definition) is 3. The van der Waals surface area contributed by atoms with Crippen LogP contribution in [0.15, 0.2) is 12.4 Å². The molecule has 2 heterocycles. The number of aliphatic carboxylic acids is 1. The molecule has 26 heavy (non-hydrogen) atoms. The molecule has 0 radical (unpaired) electrons. The molecule has 0 unspecified atom stereocenters. The molecule has 0 bridgehead atoms. The van der Waals surface area contributed by atoms with Crippen molar-refractivity contribution in [2.24, 2.45) is 11.3 Å². The van der Waals surface area contributed by atoms with E-state index in [4.69, 9.17) is 9.90 Å². The Balaban J connectivity index is 0.000000758. The lowest BCUT2D eigenvalue weighted by Crippen LogP contribution is -2.57. The van der Waals surface area contributed by atoms with E-state index in [-0.39, 0.29) is 25.5 Å². The average molecular weight is 367 g/mol. The molecule has 1 amide bonds. The van der Waals surface area contributed by atoms with Crippen LogP contribution in [-0.2, 0) is 20.9 Å². The summed E-state index contributed by atoms with van der Waals surface area (Å²) < 4.78 is 1.56. The number of piperidine rings is 1. The molecule has 1 aromatic rings. The van der Waals surface area contributed by atoms with E-state index >= 15 is 0 Å². The number of aliphatic hydroxyl groups is 1. The number of aromatic nitrogens is 2. The van der Waals surface area contributed by atoms with Crippen LogP contribution >= 0.6 is 0 Å². The van der Waals surface area contributed by atoms with Gasteiger partial charge in [-0.2, -0.15) is 5.10 Å². The molecule has 2 aliphatic rings. The molecule has 1 aliphatic heterocycles. The molecule has 2 atom stereocenters. The summed E-state index contributed by atoms with van der Waals surface area (Å²) in [5.74, 6) is -0.782. The first-order chi connectivity index (χ1) is 12.3. The summed E-state index contributed by atoms with van der Waals surface area (Å²) in [6.07, 6.45) is 5.37. The van der Waals surface area contributed by atoms with E-state index in [1.54, 1.807) is 22.0 Å². The second-order valence-electron chi connectivity index (χ2n) is 7.05. The van der Waals surface area contributed by atoms with Crippen LogP contribution in [-0.4, -0.2) is 67.5 Å². The second-order valence-corrected chi connectivity index (χ2v) is 7.05. The zero-order chi connectivity index (χ0) is 19.3. The van der Waals surface area contributed by atoms with E-state index in [0.717, 1.165) is 18.4 Å². The number of aryl methyl sites for hydroxylation is 1. The van der Waals surface area contributed by atoms with Crippen LogP contribution in [0.4, 0.5) is 0 Å². The lowest BCUT2D eigenvalue weighted by molar-refractivity contribution is -0.167. The quantitative estimate of drug-likeness (QED) is 0.640. The Hall–Kier alpha value is -2.42. The van der Waals surface area contributed by atoms with Crippen LogP contribution in [0.5, 0.6) is 0 Å². The molecule has 1 saturated heterocycles. The van der Waals surface area contributed by atoms with Crippen molar-refractivity contribution < 1.29 is 29.7 Å². The monoisotopic (exact) mass is 367 g/mol. The lowest BCUT2D eigenvalue weighted by atomic mass is 9.73. The number of hydrogen-bond acceptors (Lipinski definition) is 5. The van der Waals surface area contributed by atoms with E-state index in [1.165, 1.54) is 0 Å². The first kappa shape index (κ1) is 19.9. The molecule has 1 aliphatic carbocycles. The highest BCUT2D eigenvalue weighted by molar-refractivity contribution is 5.80. The predicted molar refractivity (Wildman–Crippen MR) is 90.3 cm³/mol. The van der Waals surface area contributed by atoms with Gasteiger partial charge >= 0.3 is 5.97 Å². The highest BCUT2D eigenvalue weighted by Gasteiger charge is 2.52. The number of carboxylic acids is 1. The number of nitrogens with zero attached hydrogens (tertiary/aromatic N) is 3. The SMILES string of the molecule is Cc1cnn(CC(=O)N2CC[C@@H](O)[C@](CC3CC3)(C(=O)O)C2)c1.O=CO. The van der Waals surface area contributed by atoms with Gasteiger partial charge in [0, 0.05) is 19.3 Å². The fraction of sp³-hybridized carbons (Fsp3) is 0.647. The number of likely N-dealkylation sites (tertiary alicyclic amines) is 1. The molecular weight excluding hydrogens is 342 g/mol. The maximum Gasteiger partial charge on any atom is 0.314 e. The minimum atomic E-state index is -1.23. The summed E-state index contributed by atoms with van der Waals surface area (Å²) in [6.45, 7) is 2.22. The van der Waals surface area contributed by atoms with Gasteiger partial charge in [0.1, 0.15) is 12.0 Å². The summed E-state index contributed by atoms with van der Waals surface area (Å²) in [5.41, 5.74) is -0.254. The smallest absolute Gasteiger partial charge is 0.314 e. The van der Waals surface area contributed by atoms with E-state index < -0.39 is 17.5 Å². The number of carbonyl (C=O) groups is 3. The molecule has 9 heteroatoms. The maximum atomic E-state index is 12.5. The molecule has 1 saturated carbocycles. The zero-order valence-electron chi connectivity index (χ0n) is 14.7. The van der Waals surface area contributed by atoms with Crippen molar-refractivity contribution in [3.63, 3.8) is 0 Å². The van der Waals surface area contributed by atoms with Crippen LogP contribution in [0.25, 0.3) is 0 Å². The summed E-state index contributed by atoms with van der Waals surface area (Å²) in [7, 11) is 0. The van der Waals surface area contributed by atoms with Crippen molar-refractivity contribution in [3.8, 4) is 0 Å². The lowest BCUT2D eigenvalue weighted by Gasteiger charge is -2.43. The highest BCUT2D eigenvalue weighted by atomic mass is 16.4. The van der Waals surface area contributed by atoms with E-state index in [0.29, 0.717) is 25.3 Å². The number of amides is 1. The number of carbonyl (C=O) groups excluding carboxylic acids is 1. The van der Waals surface area contributed by atoms with Gasteiger partial charge < -0.3 is 20.2 Å². The fourth-order valence-electron chi connectivity index (χ4n) is 3.42. The molecule has 144 valence electrons. The van der Waals surface area contributed by atoms with Gasteiger partial charge in [-0.3, -0.25) is 19.1 Å². The molecule has 3 N–H and O–H groups in total. The average Bonchev–Trinajstić information content (AvgIpc) is 3.30. The Labute approximate surface area is 151 Å². The third-order valence-electron chi connectivity index (χ3n) is 4.97. The molecule has 0 spiro atoms. The van der Waals surface area contributed by atoms with E-state index in [2.05, 4.69) is 5.10 Å². The molecule has 3 rings (SSSR count). The van der Waals surface area contributed by atoms with E-state index in [9.17, 15) is 19.8 Å². The maximum absolute atomic E-state index is 12.5. The Morgan fingerprint density at radius 1 is 1.38 bits per heavy atom. The summed E-state index contributed by atoms with van der Waals surface area (Å²) in [4.78, 5) is 34.3. The van der Waals surface area contributed by atoms with Crippen LogP contribution in [0.1, 0.15) is 31.2 Å². The summed E-state index contributed by atoms with van der Waals surface area (Å²) >= 11 is 0. The number of aliphatic hydroxyl groups excluding tert-OH is 1. The van der Waals surface area contributed by atoms with E-state index in [1.807, 2.05) is 6.92 Å². The van der Waals surface area contributed by atoms with Gasteiger partial charge in [-0.15, -0.1) is 0 Å². The Morgan fingerprint density at radius 2 is 2.04 bits per heavy atom. The fourth-order valence-corrected chi connectivity index (χ4v) is 3.42. The minimum Gasteiger partial charge on any atom is -0.483 e. The van der Waals surface area contributed by atoms with Crippen molar-refractivity contribution in [1.29, 1.82) is 0 Å². The Kier molecular flexibility index (Phi) is 6.36.